The van der Waals surface area contributed by atoms with Crippen molar-refractivity contribution in [2.24, 2.45) is 0 Å². The Bertz CT molecular complexity index is 912. The summed E-state index contributed by atoms with van der Waals surface area (Å²) in [4.78, 5) is 9.02. The highest BCUT2D eigenvalue weighted by Gasteiger charge is 2.09. The quantitative estimate of drug-likeness (QED) is 0.677. The maximum atomic E-state index is 5.40. The summed E-state index contributed by atoms with van der Waals surface area (Å²) in [5.74, 6) is 2.60. The van der Waals surface area contributed by atoms with Crippen molar-refractivity contribution >= 4 is 23.1 Å². The highest BCUT2D eigenvalue weighted by Crippen LogP contribution is 2.31. The van der Waals surface area contributed by atoms with E-state index in [1.807, 2.05) is 43.3 Å². The minimum absolute atomic E-state index is 0.478. The molecule has 6 nitrogen and oxygen atoms in total. The number of ether oxygens (including phenoxy) is 2. The van der Waals surface area contributed by atoms with Crippen molar-refractivity contribution in [2.45, 2.75) is 13.8 Å². The Hall–Kier alpha value is -3.28. The van der Waals surface area contributed by atoms with Crippen LogP contribution in [0, 0.1) is 13.8 Å². The predicted molar refractivity (Wildman–Crippen MR) is 104 cm³/mol. The maximum Gasteiger partial charge on any atom is 0.229 e. The van der Waals surface area contributed by atoms with Crippen LogP contribution in [0.3, 0.4) is 0 Å². The van der Waals surface area contributed by atoms with Crippen molar-refractivity contribution in [1.29, 1.82) is 0 Å². The molecule has 0 aliphatic heterocycles. The molecule has 0 spiro atoms. The summed E-state index contributed by atoms with van der Waals surface area (Å²) >= 11 is 0. The van der Waals surface area contributed by atoms with Crippen molar-refractivity contribution in [3.63, 3.8) is 0 Å². The van der Waals surface area contributed by atoms with Gasteiger partial charge in [0.2, 0.25) is 5.95 Å². The first-order chi connectivity index (χ1) is 12.6. The number of aryl methyl sites for hydroxylation is 2. The van der Waals surface area contributed by atoms with Crippen LogP contribution in [0.5, 0.6) is 11.5 Å². The first-order valence-electron chi connectivity index (χ1n) is 8.26. The van der Waals surface area contributed by atoms with E-state index in [1.165, 1.54) is 5.56 Å². The smallest absolute Gasteiger partial charge is 0.229 e. The van der Waals surface area contributed by atoms with Crippen LogP contribution in [0.25, 0.3) is 0 Å². The Morgan fingerprint density at radius 2 is 1.69 bits per heavy atom. The van der Waals surface area contributed by atoms with Crippen molar-refractivity contribution in [3.8, 4) is 11.5 Å². The molecule has 3 aromatic rings. The lowest BCUT2D eigenvalue weighted by molar-refractivity contribution is 0.405. The Morgan fingerprint density at radius 3 is 2.42 bits per heavy atom. The van der Waals surface area contributed by atoms with Gasteiger partial charge in [0.15, 0.2) is 0 Å². The lowest BCUT2D eigenvalue weighted by Crippen LogP contribution is -2.03. The standard InChI is InChI=1S/C20H22N4O2/c1-13-6-5-7-15(10-13)22-19-11-14(2)21-20(24-19)23-17-12-16(25-3)8-9-18(17)26-4/h5-12H,1-4H3,(H2,21,22,23,24). The first-order valence-corrected chi connectivity index (χ1v) is 8.26. The number of hydrogen-bond donors (Lipinski definition) is 2. The Kier molecular flexibility index (Phi) is 5.22. The summed E-state index contributed by atoms with van der Waals surface area (Å²) in [7, 11) is 3.24. The van der Waals surface area contributed by atoms with Crippen LogP contribution in [0.1, 0.15) is 11.3 Å². The Labute approximate surface area is 153 Å². The third-order valence-electron chi connectivity index (χ3n) is 3.80. The minimum Gasteiger partial charge on any atom is -0.497 e. The zero-order valence-electron chi connectivity index (χ0n) is 15.3. The molecule has 1 heterocycles. The number of methoxy groups -OCH3 is 2. The molecule has 0 saturated carbocycles. The van der Waals surface area contributed by atoms with Gasteiger partial charge in [0.05, 0.1) is 19.9 Å². The van der Waals surface area contributed by atoms with Gasteiger partial charge in [-0.1, -0.05) is 12.1 Å². The fourth-order valence-electron chi connectivity index (χ4n) is 2.59. The zero-order chi connectivity index (χ0) is 18.5. The molecule has 3 rings (SSSR count). The molecule has 0 bridgehead atoms. The van der Waals surface area contributed by atoms with E-state index in [1.54, 1.807) is 14.2 Å². The van der Waals surface area contributed by atoms with E-state index in [0.29, 0.717) is 17.5 Å². The van der Waals surface area contributed by atoms with Crippen molar-refractivity contribution in [3.05, 3.63) is 59.8 Å². The second kappa shape index (κ2) is 7.74. The van der Waals surface area contributed by atoms with Gasteiger partial charge >= 0.3 is 0 Å². The molecule has 0 saturated heterocycles. The van der Waals surface area contributed by atoms with Crippen molar-refractivity contribution in [1.82, 2.24) is 9.97 Å². The zero-order valence-corrected chi connectivity index (χ0v) is 15.3. The topological polar surface area (TPSA) is 68.3 Å². The molecule has 2 N–H and O–H groups in total. The summed E-state index contributed by atoms with van der Waals surface area (Å²) in [6.07, 6.45) is 0. The Morgan fingerprint density at radius 1 is 0.846 bits per heavy atom. The van der Waals surface area contributed by atoms with Gasteiger partial charge in [0, 0.05) is 23.5 Å². The summed E-state index contributed by atoms with van der Waals surface area (Å²) in [5, 5.41) is 6.53. The third kappa shape index (κ3) is 4.22. The van der Waals surface area contributed by atoms with E-state index >= 15 is 0 Å². The molecule has 0 amide bonds. The monoisotopic (exact) mass is 350 g/mol. The molecule has 0 unspecified atom stereocenters. The second-order valence-electron chi connectivity index (χ2n) is 5.90. The number of rotatable bonds is 6. The van der Waals surface area contributed by atoms with Gasteiger partial charge in [-0.15, -0.1) is 0 Å². The third-order valence-corrected chi connectivity index (χ3v) is 3.80. The molecule has 134 valence electrons. The first kappa shape index (κ1) is 17.5. The maximum absolute atomic E-state index is 5.40. The highest BCUT2D eigenvalue weighted by molar-refractivity contribution is 5.66. The normalized spacial score (nSPS) is 10.3. The van der Waals surface area contributed by atoms with Crippen LogP contribution >= 0.6 is 0 Å². The van der Waals surface area contributed by atoms with Gasteiger partial charge in [-0.25, -0.2) is 4.98 Å². The summed E-state index contributed by atoms with van der Waals surface area (Å²) in [6, 6.07) is 15.5. The van der Waals surface area contributed by atoms with E-state index in [4.69, 9.17) is 9.47 Å². The molecule has 6 heteroatoms. The molecule has 0 atom stereocenters. The summed E-state index contributed by atoms with van der Waals surface area (Å²) < 4.78 is 10.7. The van der Waals surface area contributed by atoms with Crippen molar-refractivity contribution in [2.75, 3.05) is 24.9 Å². The molecule has 0 aliphatic rings. The molecule has 0 aliphatic carbocycles. The summed E-state index contributed by atoms with van der Waals surface area (Å²) in [6.45, 7) is 3.98. The molecule has 1 aromatic heterocycles. The molecule has 26 heavy (non-hydrogen) atoms. The van der Waals surface area contributed by atoms with E-state index in [2.05, 4.69) is 39.7 Å². The van der Waals surface area contributed by atoms with Crippen LogP contribution < -0.4 is 20.1 Å². The van der Waals surface area contributed by atoms with Crippen LogP contribution in [-0.2, 0) is 0 Å². The number of anilines is 4. The number of aromatic nitrogens is 2. The largest absolute Gasteiger partial charge is 0.497 e. The molecule has 2 aromatic carbocycles. The van der Waals surface area contributed by atoms with Gasteiger partial charge in [0.1, 0.15) is 17.3 Å². The number of nitrogens with one attached hydrogen (secondary N) is 2. The fourth-order valence-corrected chi connectivity index (χ4v) is 2.59. The average Bonchev–Trinajstić information content (AvgIpc) is 2.61. The van der Waals surface area contributed by atoms with E-state index < -0.39 is 0 Å². The van der Waals surface area contributed by atoms with Crippen LogP contribution in [0.4, 0.5) is 23.1 Å². The second-order valence-corrected chi connectivity index (χ2v) is 5.90. The van der Waals surface area contributed by atoms with E-state index in [-0.39, 0.29) is 0 Å². The molecule has 0 fully saturated rings. The minimum atomic E-state index is 0.478. The Balaban J connectivity index is 1.88. The van der Waals surface area contributed by atoms with Crippen molar-refractivity contribution < 1.29 is 9.47 Å². The van der Waals surface area contributed by atoms with Crippen LogP contribution in [0.15, 0.2) is 48.5 Å². The lowest BCUT2D eigenvalue weighted by Gasteiger charge is -2.13. The van der Waals surface area contributed by atoms with Gasteiger partial charge < -0.3 is 20.1 Å². The number of nitrogens with zero attached hydrogens (tertiary/aromatic N) is 2. The number of hydrogen-bond acceptors (Lipinski definition) is 6. The molecular formula is C20H22N4O2. The van der Waals surface area contributed by atoms with Gasteiger partial charge in [-0.05, 0) is 43.7 Å². The molecule has 0 radical (unpaired) electrons. The van der Waals surface area contributed by atoms with Crippen LogP contribution in [0.2, 0.25) is 0 Å². The fraction of sp³-hybridized carbons (Fsp3) is 0.200. The van der Waals surface area contributed by atoms with Gasteiger partial charge in [0.25, 0.3) is 0 Å². The van der Waals surface area contributed by atoms with Crippen LogP contribution in [-0.4, -0.2) is 24.2 Å². The van der Waals surface area contributed by atoms with E-state index in [0.717, 1.165) is 22.8 Å². The van der Waals surface area contributed by atoms with Gasteiger partial charge in [-0.3, -0.25) is 0 Å². The highest BCUT2D eigenvalue weighted by atomic mass is 16.5. The van der Waals surface area contributed by atoms with Gasteiger partial charge in [-0.2, -0.15) is 4.98 Å². The summed E-state index contributed by atoms with van der Waals surface area (Å²) in [5.41, 5.74) is 3.74. The lowest BCUT2D eigenvalue weighted by atomic mass is 10.2. The molecular weight excluding hydrogens is 328 g/mol. The van der Waals surface area contributed by atoms with E-state index in [9.17, 15) is 0 Å². The average molecular weight is 350 g/mol. The predicted octanol–water partition coefficient (Wildman–Crippen LogP) is 4.60. The number of benzene rings is 2. The SMILES string of the molecule is COc1ccc(OC)c(Nc2nc(C)cc(Nc3cccc(C)c3)n2)c1.